The van der Waals surface area contributed by atoms with Gasteiger partial charge in [0.15, 0.2) is 5.11 Å². The van der Waals surface area contributed by atoms with E-state index in [2.05, 4.69) is 45.0 Å². The zero-order chi connectivity index (χ0) is 18.5. The normalized spacial score (nSPS) is 19.5. The summed E-state index contributed by atoms with van der Waals surface area (Å²) in [4.78, 5) is 18.2. The Morgan fingerprint density at radius 2 is 2.19 bits per heavy atom. The van der Waals surface area contributed by atoms with Crippen LogP contribution in [0.15, 0.2) is 42.7 Å². The number of nitrogens with zero attached hydrogens (tertiary/aromatic N) is 3. The smallest absolute Gasteiger partial charge is 0.305 e. The van der Waals surface area contributed by atoms with Crippen LogP contribution in [0.2, 0.25) is 0 Å². The number of ether oxygens (including phenoxy) is 1. The minimum absolute atomic E-state index is 0.0259. The third-order valence-corrected chi connectivity index (χ3v) is 5.07. The van der Waals surface area contributed by atoms with Crippen LogP contribution >= 0.6 is 12.2 Å². The van der Waals surface area contributed by atoms with Crippen molar-refractivity contribution in [2.45, 2.75) is 38.4 Å². The Hall–Kier alpha value is -2.41. The summed E-state index contributed by atoms with van der Waals surface area (Å²) in [5.41, 5.74) is 2.15. The first kappa shape index (κ1) is 18.4. The van der Waals surface area contributed by atoms with Crippen LogP contribution in [-0.2, 0) is 16.1 Å². The van der Waals surface area contributed by atoms with E-state index < -0.39 is 0 Å². The van der Waals surface area contributed by atoms with Gasteiger partial charge in [-0.2, -0.15) is 0 Å². The van der Waals surface area contributed by atoms with Gasteiger partial charge < -0.3 is 19.5 Å². The van der Waals surface area contributed by atoms with Crippen LogP contribution in [-0.4, -0.2) is 39.2 Å². The van der Waals surface area contributed by atoms with E-state index in [1.54, 1.807) is 6.20 Å². The third kappa shape index (κ3) is 3.72. The molecule has 2 aromatic heterocycles. The number of carbonyl (C=O) groups excluding carboxylic acids is 1. The Morgan fingerprint density at radius 1 is 1.35 bits per heavy atom. The van der Waals surface area contributed by atoms with Gasteiger partial charge in [-0.3, -0.25) is 9.78 Å². The predicted octanol–water partition coefficient (Wildman–Crippen LogP) is 2.83. The molecule has 2 atom stereocenters. The van der Waals surface area contributed by atoms with Crippen LogP contribution < -0.4 is 5.32 Å². The summed E-state index contributed by atoms with van der Waals surface area (Å²) in [6, 6.07) is 10.1. The SMILES string of the molecule is CCn1cccc1[C@@H]1[C@@H](c2ccccn2)NC(=S)N1CCCC(=O)OC. The first-order chi connectivity index (χ1) is 12.7. The van der Waals surface area contributed by atoms with Gasteiger partial charge in [-0.15, -0.1) is 0 Å². The summed E-state index contributed by atoms with van der Waals surface area (Å²) in [5.74, 6) is -0.196. The molecule has 3 rings (SSSR count). The van der Waals surface area contributed by atoms with Gasteiger partial charge >= 0.3 is 5.97 Å². The summed E-state index contributed by atoms with van der Waals surface area (Å²) in [6.45, 7) is 3.70. The Labute approximate surface area is 159 Å². The lowest BCUT2D eigenvalue weighted by Gasteiger charge is -2.28. The third-order valence-electron chi connectivity index (χ3n) is 4.71. The number of hydrogen-bond donors (Lipinski definition) is 1. The van der Waals surface area contributed by atoms with Crippen LogP contribution in [0.3, 0.4) is 0 Å². The Kier molecular flexibility index (Phi) is 5.88. The summed E-state index contributed by atoms with van der Waals surface area (Å²) >= 11 is 5.62. The number of esters is 1. The number of aromatic nitrogens is 2. The molecule has 0 radical (unpaired) electrons. The number of aryl methyl sites for hydroxylation is 1. The van der Waals surface area contributed by atoms with E-state index in [4.69, 9.17) is 17.0 Å². The number of rotatable bonds is 7. The molecule has 0 aliphatic carbocycles. The summed E-state index contributed by atoms with van der Waals surface area (Å²) in [7, 11) is 1.42. The fourth-order valence-electron chi connectivity index (χ4n) is 3.45. The molecule has 1 aliphatic rings. The summed E-state index contributed by atoms with van der Waals surface area (Å²) < 4.78 is 6.97. The maximum atomic E-state index is 11.5. The second-order valence-electron chi connectivity index (χ2n) is 6.22. The number of methoxy groups -OCH3 is 1. The average Bonchev–Trinajstić information content (AvgIpc) is 3.26. The molecule has 26 heavy (non-hydrogen) atoms. The number of pyridine rings is 1. The van der Waals surface area contributed by atoms with E-state index in [0.717, 1.165) is 12.2 Å². The maximum absolute atomic E-state index is 11.5. The molecule has 3 heterocycles. The Bertz CT molecular complexity index is 762. The van der Waals surface area contributed by atoms with E-state index in [1.807, 2.05) is 18.2 Å². The monoisotopic (exact) mass is 372 g/mol. The zero-order valence-corrected chi connectivity index (χ0v) is 15.9. The highest BCUT2D eigenvalue weighted by Gasteiger charge is 2.40. The molecule has 6 nitrogen and oxygen atoms in total. The molecular formula is C19H24N4O2S. The average molecular weight is 372 g/mol. The van der Waals surface area contributed by atoms with Crippen molar-refractivity contribution in [3.63, 3.8) is 0 Å². The molecule has 0 amide bonds. The van der Waals surface area contributed by atoms with Crippen LogP contribution in [0, 0.1) is 0 Å². The van der Waals surface area contributed by atoms with Crippen LogP contribution in [0.25, 0.3) is 0 Å². The molecule has 0 aromatic carbocycles. The maximum Gasteiger partial charge on any atom is 0.305 e. The van der Waals surface area contributed by atoms with Gasteiger partial charge in [0.05, 0.1) is 24.9 Å². The second-order valence-corrected chi connectivity index (χ2v) is 6.61. The number of nitrogens with one attached hydrogen (secondary N) is 1. The van der Waals surface area contributed by atoms with Crippen molar-refractivity contribution in [1.29, 1.82) is 0 Å². The van der Waals surface area contributed by atoms with Gasteiger partial charge in [0.25, 0.3) is 0 Å². The topological polar surface area (TPSA) is 59.4 Å². The van der Waals surface area contributed by atoms with Crippen molar-refractivity contribution in [3.05, 3.63) is 54.1 Å². The van der Waals surface area contributed by atoms with Crippen LogP contribution in [0.5, 0.6) is 0 Å². The van der Waals surface area contributed by atoms with Crippen LogP contribution in [0.1, 0.15) is 43.2 Å². The zero-order valence-electron chi connectivity index (χ0n) is 15.1. The lowest BCUT2D eigenvalue weighted by molar-refractivity contribution is -0.140. The molecule has 138 valence electrons. The predicted molar refractivity (Wildman–Crippen MR) is 104 cm³/mol. The largest absolute Gasteiger partial charge is 0.469 e. The first-order valence-electron chi connectivity index (χ1n) is 8.85. The van der Waals surface area contributed by atoms with Gasteiger partial charge in [0, 0.05) is 37.6 Å². The molecule has 1 N–H and O–H groups in total. The standard InChI is InChI=1S/C19H24N4O2S/c1-3-22-12-6-9-15(22)18-17(14-8-4-5-11-20-14)21-19(26)23(18)13-7-10-16(24)25-2/h4-6,8-9,11-12,17-18H,3,7,10,13H2,1-2H3,(H,21,26)/t17-,18-/m1/s1. The second kappa shape index (κ2) is 8.31. The van der Waals surface area contributed by atoms with Gasteiger partial charge in [0.1, 0.15) is 0 Å². The Balaban J connectivity index is 1.89. The van der Waals surface area contributed by atoms with E-state index >= 15 is 0 Å². The van der Waals surface area contributed by atoms with Crippen molar-refractivity contribution in [2.24, 2.45) is 0 Å². The summed E-state index contributed by atoms with van der Waals surface area (Å²) in [5, 5.41) is 4.12. The van der Waals surface area contributed by atoms with E-state index in [9.17, 15) is 4.79 Å². The van der Waals surface area contributed by atoms with Crippen molar-refractivity contribution in [1.82, 2.24) is 19.8 Å². The van der Waals surface area contributed by atoms with Crippen molar-refractivity contribution < 1.29 is 9.53 Å². The lowest BCUT2D eigenvalue weighted by atomic mass is 10.0. The fourth-order valence-corrected chi connectivity index (χ4v) is 3.78. The molecule has 1 aliphatic heterocycles. The highest BCUT2D eigenvalue weighted by atomic mass is 32.1. The van der Waals surface area contributed by atoms with Crippen molar-refractivity contribution >= 4 is 23.3 Å². The molecule has 0 bridgehead atoms. The fraction of sp³-hybridized carbons (Fsp3) is 0.421. The molecule has 1 fully saturated rings. The van der Waals surface area contributed by atoms with Crippen LogP contribution in [0.4, 0.5) is 0 Å². The molecular weight excluding hydrogens is 348 g/mol. The molecule has 0 saturated carbocycles. The quantitative estimate of drug-likeness (QED) is 0.596. The van der Waals surface area contributed by atoms with Gasteiger partial charge in [-0.05, 0) is 49.8 Å². The van der Waals surface area contributed by atoms with Gasteiger partial charge in [-0.25, -0.2) is 0 Å². The van der Waals surface area contributed by atoms with E-state index in [1.165, 1.54) is 12.8 Å². The first-order valence-corrected chi connectivity index (χ1v) is 9.26. The summed E-state index contributed by atoms with van der Waals surface area (Å²) in [6.07, 6.45) is 4.95. The molecule has 2 aromatic rings. The van der Waals surface area contributed by atoms with Crippen molar-refractivity contribution in [2.75, 3.05) is 13.7 Å². The minimum Gasteiger partial charge on any atom is -0.469 e. The molecule has 1 saturated heterocycles. The Morgan fingerprint density at radius 3 is 2.88 bits per heavy atom. The molecule has 0 unspecified atom stereocenters. The number of hydrogen-bond acceptors (Lipinski definition) is 4. The molecule has 0 spiro atoms. The van der Waals surface area contributed by atoms with E-state index in [0.29, 0.717) is 24.5 Å². The highest BCUT2D eigenvalue weighted by Crippen LogP contribution is 2.38. The lowest BCUT2D eigenvalue weighted by Crippen LogP contribution is -2.31. The van der Waals surface area contributed by atoms with E-state index in [-0.39, 0.29) is 18.1 Å². The number of carbonyl (C=O) groups is 1. The van der Waals surface area contributed by atoms with Crippen molar-refractivity contribution in [3.8, 4) is 0 Å². The molecule has 7 heteroatoms. The highest BCUT2D eigenvalue weighted by molar-refractivity contribution is 7.80. The van der Waals surface area contributed by atoms with Gasteiger partial charge in [-0.1, -0.05) is 6.07 Å². The van der Waals surface area contributed by atoms with Gasteiger partial charge in [0.2, 0.25) is 0 Å². The number of thiocarbonyl (C=S) groups is 1. The minimum atomic E-state index is -0.196.